The molecule has 2 heterocycles. The van der Waals surface area contributed by atoms with Gasteiger partial charge in [-0.2, -0.15) is 0 Å². The largest absolute Gasteiger partial charge is 0.383 e. The summed E-state index contributed by atoms with van der Waals surface area (Å²) in [6, 6.07) is 16.4. The van der Waals surface area contributed by atoms with Crippen LogP contribution < -0.4 is 19.8 Å². The highest BCUT2D eigenvalue weighted by molar-refractivity contribution is 7.92. The van der Waals surface area contributed by atoms with E-state index >= 15 is 0 Å². The van der Waals surface area contributed by atoms with E-state index in [1.807, 2.05) is 18.2 Å². The lowest BCUT2D eigenvalue weighted by Gasteiger charge is -2.32. The van der Waals surface area contributed by atoms with Crippen LogP contribution in [0, 0.1) is 0 Å². The molecule has 2 N–H and O–H groups in total. The van der Waals surface area contributed by atoms with E-state index in [2.05, 4.69) is 10.6 Å². The number of ether oxygens (including phenoxy) is 1. The molecule has 0 aromatic heterocycles. The van der Waals surface area contributed by atoms with Crippen molar-refractivity contribution in [2.75, 3.05) is 41.3 Å². The van der Waals surface area contributed by atoms with Crippen molar-refractivity contribution in [3.63, 3.8) is 0 Å². The minimum absolute atomic E-state index is 0.0403. The Morgan fingerprint density at radius 3 is 2.71 bits per heavy atom. The van der Waals surface area contributed by atoms with Gasteiger partial charge in [-0.25, -0.2) is 13.2 Å². The van der Waals surface area contributed by atoms with Crippen LogP contribution >= 0.6 is 11.6 Å². The minimum Gasteiger partial charge on any atom is -0.383 e. The van der Waals surface area contributed by atoms with Gasteiger partial charge in [0.15, 0.2) is 0 Å². The molecule has 0 spiro atoms. The summed E-state index contributed by atoms with van der Waals surface area (Å²) < 4.78 is 33.8. The van der Waals surface area contributed by atoms with Crippen molar-refractivity contribution in [2.45, 2.75) is 24.3 Å². The number of benzene rings is 3. The monoisotopic (exact) mass is 554 g/mol. The molecule has 3 amide bonds. The van der Waals surface area contributed by atoms with Crippen LogP contribution in [0.2, 0.25) is 5.02 Å². The SMILES string of the molecule is COCCNC(=O)c1ccc2c(c1)CN(c1cc(S(=O)(=O)N3CCCc4ccccc43)ccc1Cl)C(=O)N2. The van der Waals surface area contributed by atoms with Crippen molar-refractivity contribution in [3.05, 3.63) is 82.4 Å². The van der Waals surface area contributed by atoms with Gasteiger partial charge in [-0.05, 0) is 66.4 Å². The van der Waals surface area contributed by atoms with Crippen molar-refractivity contribution in [2.24, 2.45) is 0 Å². The van der Waals surface area contributed by atoms with Crippen LogP contribution in [-0.4, -0.2) is 47.2 Å². The maximum absolute atomic E-state index is 13.7. The number of methoxy groups -OCH3 is 1. The van der Waals surface area contributed by atoms with E-state index < -0.39 is 16.1 Å². The van der Waals surface area contributed by atoms with Gasteiger partial charge in [-0.1, -0.05) is 29.8 Å². The summed E-state index contributed by atoms with van der Waals surface area (Å²) >= 11 is 6.49. The van der Waals surface area contributed by atoms with E-state index in [9.17, 15) is 18.0 Å². The zero-order valence-electron chi connectivity index (χ0n) is 20.7. The van der Waals surface area contributed by atoms with Crippen LogP contribution in [-0.2, 0) is 27.7 Å². The zero-order valence-corrected chi connectivity index (χ0v) is 22.3. The molecule has 0 fully saturated rings. The number of para-hydroxylation sites is 1. The molecule has 38 heavy (non-hydrogen) atoms. The van der Waals surface area contributed by atoms with Crippen LogP contribution in [0.25, 0.3) is 0 Å². The van der Waals surface area contributed by atoms with Crippen molar-refractivity contribution < 1.29 is 22.7 Å². The van der Waals surface area contributed by atoms with Crippen LogP contribution in [0.5, 0.6) is 0 Å². The van der Waals surface area contributed by atoms with E-state index in [0.29, 0.717) is 48.6 Å². The molecule has 2 aliphatic rings. The molecule has 198 valence electrons. The molecule has 0 radical (unpaired) electrons. The first-order valence-corrected chi connectivity index (χ1v) is 14.0. The van der Waals surface area contributed by atoms with E-state index in [0.717, 1.165) is 12.0 Å². The maximum atomic E-state index is 13.7. The highest BCUT2D eigenvalue weighted by Gasteiger charge is 2.32. The number of hydrogen-bond acceptors (Lipinski definition) is 5. The van der Waals surface area contributed by atoms with Gasteiger partial charge < -0.3 is 15.4 Å². The fourth-order valence-electron chi connectivity index (χ4n) is 4.71. The lowest BCUT2D eigenvalue weighted by atomic mass is 10.0. The van der Waals surface area contributed by atoms with Crippen LogP contribution in [0.1, 0.15) is 27.9 Å². The van der Waals surface area contributed by atoms with Crippen molar-refractivity contribution in [1.82, 2.24) is 5.32 Å². The average molecular weight is 555 g/mol. The fourth-order valence-corrected chi connectivity index (χ4v) is 6.49. The lowest BCUT2D eigenvalue weighted by Crippen LogP contribution is -2.39. The smallest absolute Gasteiger partial charge is 0.326 e. The highest BCUT2D eigenvalue weighted by Crippen LogP contribution is 2.37. The van der Waals surface area contributed by atoms with Crippen LogP contribution in [0.4, 0.5) is 21.9 Å². The fraction of sp³-hybridized carbons (Fsp3) is 0.259. The number of hydrogen-bond donors (Lipinski definition) is 2. The molecular formula is C27H27ClN4O5S. The minimum atomic E-state index is -3.91. The van der Waals surface area contributed by atoms with Gasteiger partial charge in [0.05, 0.1) is 34.4 Å². The van der Waals surface area contributed by atoms with Gasteiger partial charge in [-0.3, -0.25) is 14.0 Å². The van der Waals surface area contributed by atoms with Gasteiger partial charge in [0.25, 0.3) is 15.9 Å². The van der Waals surface area contributed by atoms with Gasteiger partial charge in [-0.15, -0.1) is 0 Å². The molecule has 0 unspecified atom stereocenters. The topological polar surface area (TPSA) is 108 Å². The number of aryl methyl sites for hydroxylation is 1. The zero-order chi connectivity index (χ0) is 26.9. The normalized spacial score (nSPS) is 14.9. The Bertz CT molecular complexity index is 1510. The lowest BCUT2D eigenvalue weighted by molar-refractivity contribution is 0.0937. The third kappa shape index (κ3) is 4.94. The van der Waals surface area contributed by atoms with Crippen LogP contribution in [0.15, 0.2) is 65.6 Å². The molecule has 9 nitrogen and oxygen atoms in total. The number of urea groups is 1. The molecule has 3 aromatic rings. The summed E-state index contributed by atoms with van der Waals surface area (Å²) in [4.78, 5) is 27.0. The van der Waals surface area contributed by atoms with E-state index in [1.165, 1.54) is 27.4 Å². The number of amides is 3. The molecule has 0 bridgehead atoms. The number of rotatable bonds is 7. The van der Waals surface area contributed by atoms with E-state index in [4.69, 9.17) is 16.3 Å². The molecule has 0 atom stereocenters. The molecule has 5 rings (SSSR count). The van der Waals surface area contributed by atoms with Crippen LogP contribution in [0.3, 0.4) is 0 Å². The van der Waals surface area contributed by atoms with Gasteiger partial charge in [0.1, 0.15) is 0 Å². The Hall–Kier alpha value is -3.60. The Balaban J connectivity index is 1.45. The number of carbonyl (C=O) groups excluding carboxylic acids is 2. The van der Waals surface area contributed by atoms with Gasteiger partial charge in [0, 0.05) is 31.5 Å². The second-order valence-electron chi connectivity index (χ2n) is 9.06. The van der Waals surface area contributed by atoms with Gasteiger partial charge >= 0.3 is 6.03 Å². The summed E-state index contributed by atoms with van der Waals surface area (Å²) in [6.45, 7) is 1.23. The van der Waals surface area contributed by atoms with Crippen molar-refractivity contribution in [1.29, 1.82) is 0 Å². The summed E-state index contributed by atoms with van der Waals surface area (Å²) in [5.41, 5.74) is 3.60. The Morgan fingerprint density at radius 2 is 1.89 bits per heavy atom. The predicted octanol–water partition coefficient (Wildman–Crippen LogP) is 4.41. The molecule has 11 heteroatoms. The molecule has 0 saturated heterocycles. The molecule has 3 aromatic carbocycles. The summed E-state index contributed by atoms with van der Waals surface area (Å²) in [6.07, 6.45) is 1.52. The number of fused-ring (bicyclic) bond motifs is 2. The number of sulfonamides is 1. The summed E-state index contributed by atoms with van der Waals surface area (Å²) in [5, 5.41) is 5.81. The number of anilines is 3. The first-order chi connectivity index (χ1) is 18.3. The maximum Gasteiger partial charge on any atom is 0.326 e. The number of nitrogens with one attached hydrogen (secondary N) is 2. The standard InChI is InChI=1S/C27H27ClN4O5S/c1-37-14-12-29-26(33)19-8-11-23-20(15-19)17-31(27(34)30-23)25-16-21(9-10-22(25)28)38(35,36)32-13-4-6-18-5-2-3-7-24(18)32/h2-3,5,7-11,15-16H,4,6,12-14,17H2,1H3,(H,29,33)(H,30,34). The third-order valence-corrected chi connectivity index (χ3v) is 8.77. The van der Waals surface area contributed by atoms with Crippen molar-refractivity contribution >= 4 is 50.6 Å². The predicted molar refractivity (Wildman–Crippen MR) is 147 cm³/mol. The number of carbonyl (C=O) groups is 2. The first-order valence-electron chi connectivity index (χ1n) is 12.2. The van der Waals surface area contributed by atoms with Crippen molar-refractivity contribution in [3.8, 4) is 0 Å². The molecular weight excluding hydrogens is 528 g/mol. The molecule has 2 aliphatic heterocycles. The highest BCUT2D eigenvalue weighted by atomic mass is 35.5. The second-order valence-corrected chi connectivity index (χ2v) is 11.3. The molecule has 0 aliphatic carbocycles. The average Bonchev–Trinajstić information content (AvgIpc) is 2.92. The Labute approximate surface area is 226 Å². The van der Waals surface area contributed by atoms with Gasteiger partial charge in [0.2, 0.25) is 0 Å². The number of halogens is 1. The Morgan fingerprint density at radius 1 is 1.08 bits per heavy atom. The summed E-state index contributed by atoms with van der Waals surface area (Å²) in [7, 11) is -2.35. The number of nitrogens with zero attached hydrogens (tertiary/aromatic N) is 2. The summed E-state index contributed by atoms with van der Waals surface area (Å²) in [5.74, 6) is -0.263. The van der Waals surface area contributed by atoms with E-state index in [-0.39, 0.29) is 28.1 Å². The first kappa shape index (κ1) is 26.0. The third-order valence-electron chi connectivity index (χ3n) is 6.64. The second kappa shape index (κ2) is 10.6. The molecule has 0 saturated carbocycles. The van der Waals surface area contributed by atoms with E-state index in [1.54, 1.807) is 31.4 Å². The quantitative estimate of drug-likeness (QED) is 0.421. The Kier molecular flexibility index (Phi) is 7.29.